The van der Waals surface area contributed by atoms with E-state index in [1.807, 2.05) is 0 Å². The van der Waals surface area contributed by atoms with Crippen LogP contribution in [0.3, 0.4) is 0 Å². The van der Waals surface area contributed by atoms with Crippen molar-refractivity contribution in [3.63, 3.8) is 0 Å². The first kappa shape index (κ1) is 20.7. The van der Waals surface area contributed by atoms with Gasteiger partial charge in [-0.2, -0.15) is 0 Å². The van der Waals surface area contributed by atoms with E-state index in [0.29, 0.717) is 28.6 Å². The molecule has 3 aromatic rings. The fourth-order valence-electron chi connectivity index (χ4n) is 3.34. The van der Waals surface area contributed by atoms with E-state index in [1.54, 1.807) is 47.4 Å². The first-order valence-corrected chi connectivity index (χ1v) is 9.79. The van der Waals surface area contributed by atoms with E-state index in [-0.39, 0.29) is 30.2 Å². The summed E-state index contributed by atoms with van der Waals surface area (Å²) in [4.78, 5) is 26.6. The van der Waals surface area contributed by atoms with Gasteiger partial charge in [-0.15, -0.1) is 5.10 Å². The summed E-state index contributed by atoms with van der Waals surface area (Å²) in [5.41, 5.74) is 1.08. The lowest BCUT2D eigenvalue weighted by atomic mass is 10.1. The molecule has 1 aliphatic heterocycles. The van der Waals surface area contributed by atoms with E-state index in [2.05, 4.69) is 15.5 Å². The molecule has 0 bridgehead atoms. The zero-order valence-corrected chi connectivity index (χ0v) is 17.5. The van der Waals surface area contributed by atoms with Crippen LogP contribution in [0.2, 0.25) is 5.02 Å². The van der Waals surface area contributed by atoms with E-state index >= 15 is 0 Å². The maximum atomic E-state index is 12.5. The van der Waals surface area contributed by atoms with E-state index in [9.17, 15) is 9.59 Å². The van der Waals surface area contributed by atoms with Crippen LogP contribution in [0.15, 0.2) is 46.9 Å². The molecule has 4 rings (SSSR count). The average Bonchev–Trinajstić information content (AvgIpc) is 3.40. The molecule has 1 N–H and O–H groups in total. The van der Waals surface area contributed by atoms with Crippen LogP contribution in [0.1, 0.15) is 28.6 Å². The average molecular weight is 443 g/mol. The summed E-state index contributed by atoms with van der Waals surface area (Å²) in [5.74, 6) is 0.445. The van der Waals surface area contributed by atoms with E-state index in [0.717, 1.165) is 5.69 Å². The molecule has 9 nitrogen and oxygen atoms in total. The number of aromatic nitrogens is 2. The Morgan fingerprint density at radius 2 is 1.87 bits per heavy atom. The second-order valence-corrected chi connectivity index (χ2v) is 7.29. The topological polar surface area (TPSA) is 107 Å². The summed E-state index contributed by atoms with van der Waals surface area (Å²) < 4.78 is 16.0. The third kappa shape index (κ3) is 4.31. The van der Waals surface area contributed by atoms with Crippen LogP contribution in [0.4, 0.5) is 11.7 Å². The number of rotatable bonds is 6. The van der Waals surface area contributed by atoms with Crippen LogP contribution in [-0.4, -0.2) is 42.8 Å². The molecule has 31 heavy (non-hydrogen) atoms. The molecular weight excluding hydrogens is 424 g/mol. The molecule has 2 heterocycles. The molecule has 2 amide bonds. The summed E-state index contributed by atoms with van der Waals surface area (Å²) in [6.45, 7) is 0.395. The zero-order valence-electron chi connectivity index (χ0n) is 16.8. The number of halogens is 1. The lowest BCUT2D eigenvalue weighted by molar-refractivity contribution is -0.117. The molecule has 1 aliphatic rings. The van der Waals surface area contributed by atoms with Gasteiger partial charge in [-0.25, -0.2) is 0 Å². The lowest BCUT2D eigenvalue weighted by Crippen LogP contribution is -2.24. The van der Waals surface area contributed by atoms with E-state index in [1.165, 1.54) is 14.2 Å². The molecule has 1 saturated heterocycles. The second-order valence-electron chi connectivity index (χ2n) is 6.85. The molecule has 1 fully saturated rings. The minimum atomic E-state index is -0.443. The Hall–Kier alpha value is -3.59. The van der Waals surface area contributed by atoms with Gasteiger partial charge in [0, 0.05) is 29.2 Å². The smallest absolute Gasteiger partial charge is 0.322 e. The number of benzene rings is 2. The fourth-order valence-corrected chi connectivity index (χ4v) is 3.47. The Labute approximate surface area is 182 Å². The molecule has 0 radical (unpaired) electrons. The van der Waals surface area contributed by atoms with Gasteiger partial charge in [-0.3, -0.25) is 14.9 Å². The molecular formula is C21H19ClN4O5. The molecule has 0 saturated carbocycles. The number of anilines is 2. The minimum Gasteiger partial charge on any atom is -0.493 e. The highest BCUT2D eigenvalue weighted by atomic mass is 35.5. The van der Waals surface area contributed by atoms with Gasteiger partial charge in [0.1, 0.15) is 0 Å². The Kier molecular flexibility index (Phi) is 5.77. The van der Waals surface area contributed by atoms with E-state index < -0.39 is 5.91 Å². The standard InChI is InChI=1S/C21H19ClN4O5/c1-29-16-8-3-12(9-17(16)30-2)19(28)23-21-25-24-20(31-21)13-10-18(27)26(11-13)15-6-4-14(22)5-7-15/h3-9,13H,10-11H2,1-2H3,(H,23,25,28)/t13-/m0/s1. The van der Waals surface area contributed by atoms with Crippen LogP contribution < -0.4 is 19.7 Å². The van der Waals surface area contributed by atoms with Gasteiger partial charge in [0.05, 0.1) is 20.1 Å². The summed E-state index contributed by atoms with van der Waals surface area (Å²) in [7, 11) is 3.00. The summed E-state index contributed by atoms with van der Waals surface area (Å²) >= 11 is 5.92. The summed E-state index contributed by atoms with van der Waals surface area (Å²) in [6, 6.07) is 11.7. The Bertz CT molecular complexity index is 1120. The van der Waals surface area contributed by atoms with Gasteiger partial charge < -0.3 is 18.8 Å². The van der Waals surface area contributed by atoms with Crippen molar-refractivity contribution in [3.8, 4) is 11.5 Å². The van der Waals surface area contributed by atoms with Gasteiger partial charge in [0.25, 0.3) is 5.91 Å². The number of nitrogens with zero attached hydrogens (tertiary/aromatic N) is 3. The van der Waals surface area contributed by atoms with Crippen LogP contribution in [0, 0.1) is 0 Å². The van der Waals surface area contributed by atoms with Crippen molar-refractivity contribution in [2.75, 3.05) is 31.0 Å². The number of methoxy groups -OCH3 is 2. The van der Waals surface area contributed by atoms with Crippen molar-refractivity contribution in [2.45, 2.75) is 12.3 Å². The number of hydrogen-bond donors (Lipinski definition) is 1. The van der Waals surface area contributed by atoms with Crippen LogP contribution in [-0.2, 0) is 4.79 Å². The maximum absolute atomic E-state index is 12.5. The van der Waals surface area contributed by atoms with Gasteiger partial charge in [-0.1, -0.05) is 16.7 Å². The quantitative estimate of drug-likeness (QED) is 0.622. The molecule has 2 aromatic carbocycles. The summed E-state index contributed by atoms with van der Waals surface area (Å²) in [6.07, 6.45) is 0.230. The Morgan fingerprint density at radius 1 is 1.13 bits per heavy atom. The molecule has 1 atom stereocenters. The first-order chi connectivity index (χ1) is 15.0. The highest BCUT2D eigenvalue weighted by molar-refractivity contribution is 6.30. The van der Waals surface area contributed by atoms with Gasteiger partial charge in [0.15, 0.2) is 11.5 Å². The third-order valence-corrected chi connectivity index (χ3v) is 5.17. The van der Waals surface area contributed by atoms with Crippen molar-refractivity contribution in [1.82, 2.24) is 10.2 Å². The maximum Gasteiger partial charge on any atom is 0.322 e. The predicted octanol–water partition coefficient (Wildman–Crippen LogP) is 3.51. The number of hydrogen-bond acceptors (Lipinski definition) is 7. The Morgan fingerprint density at radius 3 is 2.58 bits per heavy atom. The second kappa shape index (κ2) is 8.65. The number of carbonyl (C=O) groups is 2. The SMILES string of the molecule is COc1ccc(C(=O)Nc2nnc([C@H]3CC(=O)N(c4ccc(Cl)cc4)C3)o2)cc1OC. The van der Waals surface area contributed by atoms with Gasteiger partial charge in [-0.05, 0) is 42.5 Å². The number of nitrogens with one attached hydrogen (secondary N) is 1. The van der Waals surface area contributed by atoms with Gasteiger partial charge >= 0.3 is 6.01 Å². The largest absolute Gasteiger partial charge is 0.493 e. The van der Waals surface area contributed by atoms with Crippen LogP contribution >= 0.6 is 11.6 Å². The number of carbonyl (C=O) groups excluding carboxylic acids is 2. The number of amides is 2. The van der Waals surface area contributed by atoms with Crippen molar-refractivity contribution >= 4 is 35.1 Å². The van der Waals surface area contributed by atoms with Crippen molar-refractivity contribution in [2.24, 2.45) is 0 Å². The van der Waals surface area contributed by atoms with Crippen molar-refractivity contribution in [3.05, 3.63) is 58.9 Å². The normalized spacial score (nSPS) is 15.8. The molecule has 10 heteroatoms. The van der Waals surface area contributed by atoms with Gasteiger partial charge in [0.2, 0.25) is 11.8 Å². The van der Waals surface area contributed by atoms with Crippen LogP contribution in [0.5, 0.6) is 11.5 Å². The van der Waals surface area contributed by atoms with Crippen molar-refractivity contribution in [1.29, 1.82) is 0 Å². The Balaban J connectivity index is 1.44. The van der Waals surface area contributed by atoms with Crippen LogP contribution in [0.25, 0.3) is 0 Å². The molecule has 0 unspecified atom stereocenters. The number of ether oxygens (including phenoxy) is 2. The monoisotopic (exact) mass is 442 g/mol. The third-order valence-electron chi connectivity index (χ3n) is 4.92. The molecule has 0 spiro atoms. The fraction of sp³-hybridized carbons (Fsp3) is 0.238. The highest BCUT2D eigenvalue weighted by Gasteiger charge is 2.35. The predicted molar refractivity (Wildman–Crippen MR) is 113 cm³/mol. The molecule has 1 aromatic heterocycles. The first-order valence-electron chi connectivity index (χ1n) is 9.41. The minimum absolute atomic E-state index is 0.0489. The summed E-state index contributed by atoms with van der Waals surface area (Å²) in [5, 5.41) is 11.1. The zero-order chi connectivity index (χ0) is 22.0. The van der Waals surface area contributed by atoms with E-state index in [4.69, 9.17) is 25.5 Å². The highest BCUT2D eigenvalue weighted by Crippen LogP contribution is 2.32. The lowest BCUT2D eigenvalue weighted by Gasteiger charge is -2.16. The molecule has 160 valence electrons. The molecule has 0 aliphatic carbocycles. The van der Waals surface area contributed by atoms with Crippen molar-refractivity contribution < 1.29 is 23.5 Å².